The molecule has 4 rings (SSSR count). The molecule has 1 aromatic carbocycles. The minimum Gasteiger partial charge on any atom is -0.379 e. The van der Waals surface area contributed by atoms with Crippen molar-refractivity contribution in [1.29, 1.82) is 0 Å². The van der Waals surface area contributed by atoms with E-state index in [2.05, 4.69) is 61.2 Å². The zero-order valence-electron chi connectivity index (χ0n) is 16.3. The molecule has 1 N–H and O–H groups in total. The Morgan fingerprint density at radius 2 is 2.04 bits per heavy atom. The van der Waals surface area contributed by atoms with Gasteiger partial charge >= 0.3 is 0 Å². The van der Waals surface area contributed by atoms with Crippen LogP contribution >= 0.6 is 0 Å². The van der Waals surface area contributed by atoms with Crippen molar-refractivity contribution in [3.8, 4) is 0 Å². The van der Waals surface area contributed by atoms with Crippen molar-refractivity contribution in [2.45, 2.75) is 25.4 Å². The monoisotopic (exact) mass is 369 g/mol. The summed E-state index contributed by atoms with van der Waals surface area (Å²) in [4.78, 5) is 9.50. The lowest BCUT2D eigenvalue weighted by molar-refractivity contribution is 0.0195. The van der Waals surface area contributed by atoms with Crippen LogP contribution in [-0.2, 0) is 11.3 Å². The van der Waals surface area contributed by atoms with Gasteiger partial charge in [0.2, 0.25) is 0 Å². The van der Waals surface area contributed by atoms with Crippen LogP contribution in [0.4, 0.5) is 0 Å². The minimum atomic E-state index is 0.638. The second-order valence-electron chi connectivity index (χ2n) is 7.43. The lowest BCUT2D eigenvalue weighted by Gasteiger charge is -2.32. The molecule has 2 aliphatic heterocycles. The molecule has 1 aromatic heterocycles. The zero-order chi connectivity index (χ0) is 18.5. The molecule has 1 atom stereocenters. The van der Waals surface area contributed by atoms with Crippen molar-refractivity contribution >= 4 is 16.9 Å². The van der Waals surface area contributed by atoms with Gasteiger partial charge < -0.3 is 19.5 Å². The first kappa shape index (κ1) is 18.3. The number of nitrogens with zero attached hydrogens (tertiary/aromatic N) is 4. The van der Waals surface area contributed by atoms with Gasteiger partial charge in [-0.1, -0.05) is 18.2 Å². The maximum Gasteiger partial charge on any atom is 0.193 e. The molecule has 0 amide bonds. The number of aliphatic imine (C=N–C) groups is 1. The van der Waals surface area contributed by atoms with Crippen LogP contribution in [-0.4, -0.2) is 79.4 Å². The highest BCUT2D eigenvalue weighted by Crippen LogP contribution is 2.17. The highest BCUT2D eigenvalue weighted by atomic mass is 16.5. The van der Waals surface area contributed by atoms with Gasteiger partial charge in [0.15, 0.2) is 5.96 Å². The molecule has 1 unspecified atom stereocenters. The van der Waals surface area contributed by atoms with E-state index >= 15 is 0 Å². The summed E-state index contributed by atoms with van der Waals surface area (Å²) in [6, 6.07) is 11.4. The molecule has 6 heteroatoms. The van der Waals surface area contributed by atoms with Crippen LogP contribution in [0.15, 0.2) is 41.5 Å². The van der Waals surface area contributed by atoms with Crippen molar-refractivity contribution in [2.75, 3.05) is 53.0 Å². The van der Waals surface area contributed by atoms with E-state index in [0.29, 0.717) is 6.04 Å². The molecule has 0 bridgehead atoms. The van der Waals surface area contributed by atoms with Gasteiger partial charge in [-0.15, -0.1) is 0 Å². The van der Waals surface area contributed by atoms with Crippen LogP contribution in [0, 0.1) is 0 Å². The number of benzene rings is 1. The fourth-order valence-corrected chi connectivity index (χ4v) is 4.29. The summed E-state index contributed by atoms with van der Waals surface area (Å²) >= 11 is 0. The van der Waals surface area contributed by atoms with E-state index in [1.165, 1.54) is 17.3 Å². The lowest BCUT2D eigenvalue weighted by atomic mass is 10.2. The number of aryl methyl sites for hydroxylation is 1. The Kier molecular flexibility index (Phi) is 5.94. The van der Waals surface area contributed by atoms with Crippen molar-refractivity contribution in [2.24, 2.45) is 4.99 Å². The topological polar surface area (TPSA) is 45.0 Å². The van der Waals surface area contributed by atoms with Crippen LogP contribution in [0.1, 0.15) is 12.8 Å². The maximum atomic E-state index is 5.48. The van der Waals surface area contributed by atoms with E-state index in [0.717, 1.165) is 64.9 Å². The Hall–Kier alpha value is -2.05. The Balaban J connectivity index is 1.24. The second-order valence-corrected chi connectivity index (χ2v) is 7.43. The van der Waals surface area contributed by atoms with Crippen LogP contribution in [0.2, 0.25) is 0 Å². The molecule has 0 spiro atoms. The molecule has 2 aliphatic rings. The van der Waals surface area contributed by atoms with Gasteiger partial charge in [0.05, 0.1) is 13.2 Å². The molecule has 6 nitrogen and oxygen atoms in total. The van der Waals surface area contributed by atoms with E-state index in [9.17, 15) is 0 Å². The molecule has 0 aliphatic carbocycles. The Morgan fingerprint density at radius 3 is 2.89 bits per heavy atom. The van der Waals surface area contributed by atoms with Crippen molar-refractivity contribution in [3.05, 3.63) is 36.5 Å². The molecule has 0 radical (unpaired) electrons. The Labute approximate surface area is 161 Å². The molecule has 3 heterocycles. The number of hydrogen-bond donors (Lipinski definition) is 1. The summed E-state index contributed by atoms with van der Waals surface area (Å²) in [5.41, 5.74) is 1.31. The third-order valence-corrected chi connectivity index (χ3v) is 5.78. The number of hydrogen-bond acceptors (Lipinski definition) is 3. The number of likely N-dealkylation sites (tertiary alicyclic amines) is 1. The molecule has 27 heavy (non-hydrogen) atoms. The fraction of sp³-hybridized carbons (Fsp3) is 0.571. The molecule has 2 aromatic rings. The molecule has 146 valence electrons. The molecular formula is C21H31N5O. The average Bonchev–Trinajstić information content (AvgIpc) is 3.36. The van der Waals surface area contributed by atoms with E-state index in [-0.39, 0.29) is 0 Å². The number of aromatic nitrogens is 1. The van der Waals surface area contributed by atoms with Gasteiger partial charge in [0.25, 0.3) is 0 Å². The first-order chi connectivity index (χ1) is 13.3. The van der Waals surface area contributed by atoms with E-state index in [4.69, 9.17) is 4.74 Å². The third kappa shape index (κ3) is 4.28. The first-order valence-electron chi connectivity index (χ1n) is 10.2. The normalized spacial score (nSPS) is 21.9. The number of guanidine groups is 1. The molecule has 2 fully saturated rings. The average molecular weight is 370 g/mol. The van der Waals surface area contributed by atoms with Crippen molar-refractivity contribution < 1.29 is 4.74 Å². The van der Waals surface area contributed by atoms with Crippen molar-refractivity contribution in [1.82, 2.24) is 19.7 Å². The smallest absolute Gasteiger partial charge is 0.193 e. The molecule has 2 saturated heterocycles. The molecule has 0 saturated carbocycles. The highest BCUT2D eigenvalue weighted by molar-refractivity contribution is 5.80. The standard InChI is InChI=1S/C21H31N5O/c1-22-21(26-12-8-19(17-26)24-13-15-27-16-14-24)23-9-4-10-25-11-7-18-5-2-3-6-20(18)25/h2-3,5-7,11,19H,4,8-10,12-17H2,1H3,(H,22,23). The largest absolute Gasteiger partial charge is 0.379 e. The van der Waals surface area contributed by atoms with Crippen LogP contribution in [0.5, 0.6) is 0 Å². The van der Waals surface area contributed by atoms with Crippen molar-refractivity contribution in [3.63, 3.8) is 0 Å². The first-order valence-corrected chi connectivity index (χ1v) is 10.2. The SMILES string of the molecule is CN=C(NCCCn1ccc2ccccc21)N1CCC(N2CCOCC2)C1. The van der Waals surface area contributed by atoms with E-state index < -0.39 is 0 Å². The summed E-state index contributed by atoms with van der Waals surface area (Å²) < 4.78 is 7.82. The van der Waals surface area contributed by atoms with E-state index in [1.54, 1.807) is 0 Å². The number of rotatable bonds is 5. The lowest BCUT2D eigenvalue weighted by Crippen LogP contribution is -2.46. The highest BCUT2D eigenvalue weighted by Gasteiger charge is 2.30. The quantitative estimate of drug-likeness (QED) is 0.498. The molecular weight excluding hydrogens is 338 g/mol. The van der Waals surface area contributed by atoms with Gasteiger partial charge in [0, 0.05) is 64.1 Å². The predicted molar refractivity (Wildman–Crippen MR) is 110 cm³/mol. The summed E-state index contributed by atoms with van der Waals surface area (Å²) in [6.07, 6.45) is 4.49. The third-order valence-electron chi connectivity index (χ3n) is 5.78. The maximum absolute atomic E-state index is 5.48. The minimum absolute atomic E-state index is 0.638. The zero-order valence-corrected chi connectivity index (χ0v) is 16.3. The second kappa shape index (κ2) is 8.76. The number of para-hydroxylation sites is 1. The van der Waals surface area contributed by atoms with Gasteiger partial charge in [-0.2, -0.15) is 0 Å². The summed E-state index contributed by atoms with van der Waals surface area (Å²) in [5, 5.41) is 4.88. The number of ether oxygens (including phenoxy) is 1. The van der Waals surface area contributed by atoms with Crippen LogP contribution in [0.3, 0.4) is 0 Å². The van der Waals surface area contributed by atoms with Gasteiger partial charge in [-0.3, -0.25) is 9.89 Å². The van der Waals surface area contributed by atoms with E-state index in [1.807, 2.05) is 7.05 Å². The van der Waals surface area contributed by atoms with Gasteiger partial charge in [-0.05, 0) is 30.4 Å². The van der Waals surface area contributed by atoms with Gasteiger partial charge in [0.1, 0.15) is 0 Å². The summed E-state index contributed by atoms with van der Waals surface area (Å²) in [5.74, 6) is 1.04. The predicted octanol–water partition coefficient (Wildman–Crippen LogP) is 2.01. The number of nitrogens with one attached hydrogen (secondary N) is 1. The Bertz CT molecular complexity index is 765. The van der Waals surface area contributed by atoms with Crippen LogP contribution in [0.25, 0.3) is 10.9 Å². The van der Waals surface area contributed by atoms with Gasteiger partial charge in [-0.25, -0.2) is 0 Å². The summed E-state index contributed by atoms with van der Waals surface area (Å²) in [7, 11) is 1.89. The fourth-order valence-electron chi connectivity index (χ4n) is 4.29. The number of morpholine rings is 1. The Morgan fingerprint density at radius 1 is 1.19 bits per heavy atom. The summed E-state index contributed by atoms with van der Waals surface area (Å²) in [6.45, 7) is 8.00. The van der Waals surface area contributed by atoms with Crippen LogP contribution < -0.4 is 5.32 Å². The number of fused-ring (bicyclic) bond motifs is 1.